The van der Waals surface area contributed by atoms with Crippen LogP contribution in [-0.4, -0.2) is 57.9 Å². The Morgan fingerprint density at radius 3 is 2.42 bits per heavy atom. The normalized spacial score (nSPS) is 43.0. The lowest BCUT2D eigenvalue weighted by Gasteiger charge is -2.35. The summed E-state index contributed by atoms with van der Waals surface area (Å²) in [6, 6.07) is -0.326. The van der Waals surface area contributed by atoms with E-state index in [1.54, 1.807) is 0 Å². The molecule has 5 heteroatoms. The van der Waals surface area contributed by atoms with Gasteiger partial charge in [-0.25, -0.2) is 0 Å². The highest BCUT2D eigenvalue weighted by molar-refractivity contribution is 4.91. The van der Waals surface area contributed by atoms with Gasteiger partial charge in [-0.05, 0) is 6.42 Å². The zero-order valence-corrected chi connectivity index (χ0v) is 6.72. The van der Waals surface area contributed by atoms with Crippen LogP contribution in [-0.2, 0) is 0 Å². The third-order valence-electron chi connectivity index (χ3n) is 2.19. The van der Waals surface area contributed by atoms with Crippen LogP contribution in [0.25, 0.3) is 0 Å². The van der Waals surface area contributed by atoms with Gasteiger partial charge in [-0.2, -0.15) is 0 Å². The Morgan fingerprint density at radius 2 is 1.83 bits per heavy atom. The van der Waals surface area contributed by atoms with E-state index in [-0.39, 0.29) is 19.2 Å². The van der Waals surface area contributed by atoms with Gasteiger partial charge in [-0.15, -0.1) is 0 Å². The molecule has 1 heterocycles. The van der Waals surface area contributed by atoms with Gasteiger partial charge >= 0.3 is 0 Å². The van der Waals surface area contributed by atoms with E-state index in [2.05, 4.69) is 5.32 Å². The molecule has 5 N–H and O–H groups in total. The van der Waals surface area contributed by atoms with E-state index in [0.29, 0.717) is 6.42 Å². The number of aliphatic hydroxyl groups excluding tert-OH is 4. The number of piperidine rings is 1. The maximum Gasteiger partial charge on any atom is 0.108 e. The summed E-state index contributed by atoms with van der Waals surface area (Å²) < 4.78 is 0. The van der Waals surface area contributed by atoms with Crippen molar-refractivity contribution in [3.05, 3.63) is 0 Å². The fourth-order valence-corrected chi connectivity index (χ4v) is 1.39. The average Bonchev–Trinajstić information content (AvgIpc) is 2.07. The predicted octanol–water partition coefficient (Wildman–Crippen LogP) is -2.58. The Balaban J connectivity index is 2.46. The molecule has 0 aromatic rings. The zero-order valence-electron chi connectivity index (χ0n) is 6.72. The van der Waals surface area contributed by atoms with Crippen LogP contribution in [0.3, 0.4) is 0 Å². The van der Waals surface area contributed by atoms with E-state index in [9.17, 15) is 10.2 Å². The van der Waals surface area contributed by atoms with E-state index in [1.807, 2.05) is 0 Å². The number of nitrogens with one attached hydrogen (secondary N) is 1. The Kier molecular flexibility index (Phi) is 3.42. The van der Waals surface area contributed by atoms with Gasteiger partial charge < -0.3 is 25.7 Å². The summed E-state index contributed by atoms with van der Waals surface area (Å²) >= 11 is 0. The second kappa shape index (κ2) is 4.15. The molecule has 0 saturated carbocycles. The minimum atomic E-state index is -1.11. The fraction of sp³-hybridized carbons (Fsp3) is 1.00. The monoisotopic (exact) mass is 177 g/mol. The lowest BCUT2D eigenvalue weighted by Crippen LogP contribution is -2.59. The van der Waals surface area contributed by atoms with Gasteiger partial charge in [0, 0.05) is 19.2 Å². The highest BCUT2D eigenvalue weighted by atomic mass is 16.4. The zero-order chi connectivity index (χ0) is 9.14. The Hall–Kier alpha value is -0.200. The number of aliphatic hydroxyl groups is 4. The minimum absolute atomic E-state index is 0.0441. The molecule has 1 rings (SSSR count). The highest BCUT2D eigenvalue weighted by Gasteiger charge is 2.35. The van der Waals surface area contributed by atoms with Gasteiger partial charge in [0.15, 0.2) is 0 Å². The minimum Gasteiger partial charge on any atom is -0.396 e. The van der Waals surface area contributed by atoms with Crippen LogP contribution < -0.4 is 5.32 Å². The number of β-amino-alcohol motifs (C(OH)–C–C–N with tert-alkyl or cyclic N) is 1. The van der Waals surface area contributed by atoms with Gasteiger partial charge in [0.1, 0.15) is 6.10 Å². The molecule has 0 spiro atoms. The van der Waals surface area contributed by atoms with Crippen molar-refractivity contribution in [2.45, 2.75) is 30.8 Å². The topological polar surface area (TPSA) is 93.0 Å². The first-order chi connectivity index (χ1) is 5.66. The molecule has 12 heavy (non-hydrogen) atoms. The van der Waals surface area contributed by atoms with Gasteiger partial charge in [0.05, 0.1) is 12.2 Å². The molecule has 1 aliphatic rings. The van der Waals surface area contributed by atoms with Crippen molar-refractivity contribution in [2.75, 3.05) is 13.2 Å². The van der Waals surface area contributed by atoms with Crippen LogP contribution in [0.15, 0.2) is 0 Å². The van der Waals surface area contributed by atoms with E-state index in [1.165, 1.54) is 0 Å². The maximum atomic E-state index is 9.36. The molecule has 1 fully saturated rings. The molecule has 0 aromatic carbocycles. The lowest BCUT2D eigenvalue weighted by molar-refractivity contribution is -0.0965. The quantitative estimate of drug-likeness (QED) is 0.319. The van der Waals surface area contributed by atoms with Crippen molar-refractivity contribution in [3.63, 3.8) is 0 Å². The fourth-order valence-electron chi connectivity index (χ4n) is 1.39. The van der Waals surface area contributed by atoms with Crippen LogP contribution in [0.1, 0.15) is 6.42 Å². The van der Waals surface area contributed by atoms with Gasteiger partial charge in [-0.3, -0.25) is 0 Å². The van der Waals surface area contributed by atoms with Crippen molar-refractivity contribution in [1.82, 2.24) is 5.32 Å². The molecular weight excluding hydrogens is 162 g/mol. The second-order valence-electron chi connectivity index (χ2n) is 3.08. The van der Waals surface area contributed by atoms with Crippen molar-refractivity contribution in [2.24, 2.45) is 0 Å². The lowest BCUT2D eigenvalue weighted by atomic mass is 9.94. The molecular formula is C7H15NO4. The Labute approximate surface area is 70.6 Å². The van der Waals surface area contributed by atoms with E-state index >= 15 is 0 Å². The third-order valence-corrected chi connectivity index (χ3v) is 2.19. The maximum absolute atomic E-state index is 9.36. The Morgan fingerprint density at radius 1 is 1.17 bits per heavy atom. The molecule has 0 aromatic heterocycles. The summed E-state index contributed by atoms with van der Waals surface area (Å²) in [5.74, 6) is 0. The van der Waals surface area contributed by atoms with Crippen LogP contribution in [0.5, 0.6) is 0 Å². The largest absolute Gasteiger partial charge is 0.396 e. The molecule has 0 unspecified atom stereocenters. The molecule has 0 radical (unpaired) electrons. The third kappa shape index (κ3) is 1.94. The standard InChI is InChI=1S/C7H15NO4/c9-2-1-4-6(11)7(12)5(10)3-8-4/h4-12H,1-3H2/t4-,5+,6+,7+/m0/s1. The molecule has 0 bridgehead atoms. The summed E-state index contributed by atoms with van der Waals surface area (Å²) in [6.45, 7) is 0.209. The summed E-state index contributed by atoms with van der Waals surface area (Å²) in [6.07, 6.45) is -2.65. The molecule has 72 valence electrons. The first kappa shape index (κ1) is 9.88. The number of hydrogen-bond donors (Lipinski definition) is 5. The number of hydrogen-bond acceptors (Lipinski definition) is 5. The van der Waals surface area contributed by atoms with Gasteiger partial charge in [0.25, 0.3) is 0 Å². The summed E-state index contributed by atoms with van der Waals surface area (Å²) in [4.78, 5) is 0. The smallest absolute Gasteiger partial charge is 0.108 e. The summed E-state index contributed by atoms with van der Waals surface area (Å²) in [7, 11) is 0. The van der Waals surface area contributed by atoms with Crippen molar-refractivity contribution in [1.29, 1.82) is 0 Å². The SMILES string of the molecule is OCC[C@@H]1NC[C@@H](O)[C@@H](O)[C@@H]1O. The van der Waals surface area contributed by atoms with Crippen LogP contribution in [0, 0.1) is 0 Å². The van der Waals surface area contributed by atoms with Gasteiger partial charge in [0.2, 0.25) is 0 Å². The van der Waals surface area contributed by atoms with Crippen LogP contribution >= 0.6 is 0 Å². The molecule has 0 aliphatic carbocycles. The molecule has 4 atom stereocenters. The van der Waals surface area contributed by atoms with Crippen molar-refractivity contribution < 1.29 is 20.4 Å². The van der Waals surface area contributed by atoms with Crippen LogP contribution in [0.4, 0.5) is 0 Å². The summed E-state index contributed by atoms with van der Waals surface area (Å²) in [5, 5.41) is 39.1. The number of rotatable bonds is 2. The van der Waals surface area contributed by atoms with Gasteiger partial charge in [-0.1, -0.05) is 0 Å². The van der Waals surface area contributed by atoms with E-state index < -0.39 is 18.3 Å². The van der Waals surface area contributed by atoms with E-state index in [0.717, 1.165) is 0 Å². The highest BCUT2D eigenvalue weighted by Crippen LogP contribution is 2.12. The van der Waals surface area contributed by atoms with Crippen LogP contribution in [0.2, 0.25) is 0 Å². The predicted molar refractivity (Wildman–Crippen MR) is 41.5 cm³/mol. The molecule has 5 nitrogen and oxygen atoms in total. The first-order valence-electron chi connectivity index (χ1n) is 4.05. The average molecular weight is 177 g/mol. The summed E-state index contributed by atoms with van der Waals surface area (Å²) in [5.41, 5.74) is 0. The van der Waals surface area contributed by atoms with Crippen molar-refractivity contribution >= 4 is 0 Å². The molecule has 1 saturated heterocycles. The first-order valence-corrected chi connectivity index (χ1v) is 4.05. The Bertz CT molecular complexity index is 143. The molecule has 0 amide bonds. The molecule has 1 aliphatic heterocycles. The van der Waals surface area contributed by atoms with Crippen molar-refractivity contribution in [3.8, 4) is 0 Å². The second-order valence-corrected chi connectivity index (χ2v) is 3.08. The van der Waals surface area contributed by atoms with E-state index in [4.69, 9.17) is 10.2 Å².